The molecule has 1 heterocycles. The summed E-state index contributed by atoms with van der Waals surface area (Å²) in [7, 11) is 3.42. The number of aryl methyl sites for hydroxylation is 1. The lowest BCUT2D eigenvalue weighted by Crippen LogP contribution is -2.38. The van der Waals surface area contributed by atoms with E-state index >= 15 is 0 Å². The number of nitrogens with zero attached hydrogens (tertiary/aromatic N) is 4. The van der Waals surface area contributed by atoms with E-state index in [0.717, 1.165) is 47.1 Å². The Kier molecular flexibility index (Phi) is 9.79. The summed E-state index contributed by atoms with van der Waals surface area (Å²) in [6, 6.07) is 5.99. The van der Waals surface area contributed by atoms with Crippen LogP contribution in [0.15, 0.2) is 34.0 Å². The number of hydrogen-bond acceptors (Lipinski definition) is 4. The van der Waals surface area contributed by atoms with Crippen molar-refractivity contribution in [2.45, 2.75) is 26.4 Å². The molecule has 0 aliphatic heterocycles. The van der Waals surface area contributed by atoms with E-state index in [1.165, 1.54) is 0 Å². The lowest BCUT2D eigenvalue weighted by molar-refractivity contribution is 0.412. The third-order valence-corrected chi connectivity index (χ3v) is 4.18. The Morgan fingerprint density at radius 3 is 2.80 bits per heavy atom. The molecule has 0 aliphatic carbocycles. The van der Waals surface area contributed by atoms with Crippen molar-refractivity contribution in [2.75, 3.05) is 20.7 Å². The highest BCUT2D eigenvalue weighted by molar-refractivity contribution is 14.0. The standard InChI is InChI=1S/C16H23BrN6O.HI/c1-4-15-22-21-11-23(15)8-7-19-16(18-2)20-10-12-5-6-14(24-3)13(17)9-12;/h5-6,9,11H,4,7-8,10H2,1-3H3,(H2,18,19,20);1H. The summed E-state index contributed by atoms with van der Waals surface area (Å²) in [4.78, 5) is 4.24. The average molecular weight is 523 g/mol. The minimum absolute atomic E-state index is 0. The van der Waals surface area contributed by atoms with Gasteiger partial charge in [0.25, 0.3) is 0 Å². The van der Waals surface area contributed by atoms with Crippen LogP contribution in [0.2, 0.25) is 0 Å². The molecule has 0 atom stereocenters. The van der Waals surface area contributed by atoms with Crippen LogP contribution in [0, 0.1) is 0 Å². The largest absolute Gasteiger partial charge is 0.496 e. The predicted molar refractivity (Wildman–Crippen MR) is 114 cm³/mol. The van der Waals surface area contributed by atoms with Crippen molar-refractivity contribution < 1.29 is 4.74 Å². The Morgan fingerprint density at radius 2 is 2.16 bits per heavy atom. The maximum Gasteiger partial charge on any atom is 0.191 e. The number of ether oxygens (including phenoxy) is 1. The number of guanidine groups is 1. The summed E-state index contributed by atoms with van der Waals surface area (Å²) in [5, 5.41) is 14.6. The second-order valence-corrected chi connectivity index (χ2v) is 5.97. The van der Waals surface area contributed by atoms with E-state index in [0.29, 0.717) is 6.54 Å². The number of methoxy groups -OCH3 is 1. The number of aromatic nitrogens is 3. The van der Waals surface area contributed by atoms with Gasteiger partial charge in [0.1, 0.15) is 17.9 Å². The predicted octanol–water partition coefficient (Wildman–Crippen LogP) is 2.59. The van der Waals surface area contributed by atoms with Gasteiger partial charge in [-0.25, -0.2) is 0 Å². The van der Waals surface area contributed by atoms with E-state index in [1.54, 1.807) is 20.5 Å². The van der Waals surface area contributed by atoms with Crippen LogP contribution >= 0.6 is 39.9 Å². The van der Waals surface area contributed by atoms with Crippen LogP contribution in [0.4, 0.5) is 0 Å². The fourth-order valence-corrected chi connectivity index (χ4v) is 2.85. The quantitative estimate of drug-likeness (QED) is 0.332. The van der Waals surface area contributed by atoms with E-state index < -0.39 is 0 Å². The first-order valence-corrected chi connectivity index (χ1v) is 8.60. The van der Waals surface area contributed by atoms with Gasteiger partial charge in [-0.05, 0) is 33.6 Å². The molecule has 0 radical (unpaired) electrons. The summed E-state index contributed by atoms with van der Waals surface area (Å²) in [5.41, 5.74) is 1.14. The van der Waals surface area contributed by atoms with Crippen LogP contribution in [0.25, 0.3) is 0 Å². The van der Waals surface area contributed by atoms with Gasteiger partial charge in [-0.15, -0.1) is 34.2 Å². The second kappa shape index (κ2) is 11.3. The maximum absolute atomic E-state index is 5.24. The van der Waals surface area contributed by atoms with Crippen LogP contribution in [-0.2, 0) is 19.5 Å². The molecule has 2 N–H and O–H groups in total. The van der Waals surface area contributed by atoms with E-state index in [1.807, 2.05) is 22.8 Å². The summed E-state index contributed by atoms with van der Waals surface area (Å²) in [6.45, 7) is 4.29. The minimum Gasteiger partial charge on any atom is -0.496 e. The van der Waals surface area contributed by atoms with Gasteiger partial charge in [0.2, 0.25) is 0 Å². The molecule has 7 nitrogen and oxygen atoms in total. The molecule has 0 spiro atoms. The van der Waals surface area contributed by atoms with Gasteiger partial charge in [0, 0.05) is 33.1 Å². The molecule has 25 heavy (non-hydrogen) atoms. The number of hydrogen-bond donors (Lipinski definition) is 2. The molecule has 0 saturated carbocycles. The lowest BCUT2D eigenvalue weighted by atomic mass is 10.2. The Bertz CT molecular complexity index is 691. The molecule has 0 fully saturated rings. The average Bonchev–Trinajstić information content (AvgIpc) is 3.05. The van der Waals surface area contributed by atoms with Crippen molar-refractivity contribution in [1.29, 1.82) is 0 Å². The molecule has 0 amide bonds. The smallest absolute Gasteiger partial charge is 0.191 e. The number of aliphatic imine (C=N–C) groups is 1. The number of rotatable bonds is 7. The van der Waals surface area contributed by atoms with Crippen LogP contribution in [0.5, 0.6) is 5.75 Å². The molecule has 1 aromatic carbocycles. The molecule has 2 aromatic rings. The molecule has 1 aromatic heterocycles. The van der Waals surface area contributed by atoms with Crippen molar-refractivity contribution in [3.05, 3.63) is 40.4 Å². The number of halogens is 2. The zero-order chi connectivity index (χ0) is 17.4. The molecule has 0 bridgehead atoms. The van der Waals surface area contributed by atoms with Crippen molar-refractivity contribution in [3.8, 4) is 5.75 Å². The second-order valence-electron chi connectivity index (χ2n) is 5.12. The Labute approximate surface area is 173 Å². The van der Waals surface area contributed by atoms with Crippen molar-refractivity contribution >= 4 is 45.9 Å². The molecule has 0 aliphatic rings. The van der Waals surface area contributed by atoms with Gasteiger partial charge in [-0.1, -0.05) is 13.0 Å². The van der Waals surface area contributed by atoms with Gasteiger partial charge in [-0.2, -0.15) is 0 Å². The molecule has 9 heteroatoms. The van der Waals surface area contributed by atoms with Crippen LogP contribution in [0.3, 0.4) is 0 Å². The van der Waals surface area contributed by atoms with Crippen molar-refractivity contribution in [3.63, 3.8) is 0 Å². The Balaban J connectivity index is 0.00000312. The third-order valence-electron chi connectivity index (χ3n) is 3.56. The van der Waals surface area contributed by atoms with Gasteiger partial charge >= 0.3 is 0 Å². The summed E-state index contributed by atoms with van der Waals surface area (Å²) in [6.07, 6.45) is 2.63. The first-order valence-electron chi connectivity index (χ1n) is 7.81. The summed E-state index contributed by atoms with van der Waals surface area (Å²) >= 11 is 3.50. The highest BCUT2D eigenvalue weighted by Crippen LogP contribution is 2.25. The summed E-state index contributed by atoms with van der Waals surface area (Å²) in [5.74, 6) is 2.57. The minimum atomic E-state index is 0. The first-order chi connectivity index (χ1) is 11.7. The Hall–Kier alpha value is -1.36. The fraction of sp³-hybridized carbons (Fsp3) is 0.438. The molecule has 138 valence electrons. The third kappa shape index (κ3) is 6.46. The zero-order valence-corrected chi connectivity index (χ0v) is 18.5. The highest BCUT2D eigenvalue weighted by atomic mass is 127. The van der Waals surface area contributed by atoms with E-state index in [2.05, 4.69) is 48.7 Å². The molecular weight excluding hydrogens is 499 g/mol. The number of benzene rings is 1. The van der Waals surface area contributed by atoms with Crippen LogP contribution in [0.1, 0.15) is 18.3 Å². The molecule has 0 saturated heterocycles. The van der Waals surface area contributed by atoms with E-state index in [4.69, 9.17) is 4.74 Å². The monoisotopic (exact) mass is 522 g/mol. The molecular formula is C16H24BrIN6O. The molecule has 2 rings (SSSR count). The van der Waals surface area contributed by atoms with Gasteiger partial charge in [0.15, 0.2) is 5.96 Å². The van der Waals surface area contributed by atoms with Crippen LogP contribution in [-0.4, -0.2) is 41.4 Å². The van der Waals surface area contributed by atoms with E-state index in [9.17, 15) is 0 Å². The SMILES string of the molecule is CCc1nncn1CCNC(=NC)NCc1ccc(OC)c(Br)c1.I. The first kappa shape index (κ1) is 21.7. The van der Waals surface area contributed by atoms with Crippen molar-refractivity contribution in [1.82, 2.24) is 25.4 Å². The van der Waals surface area contributed by atoms with Crippen LogP contribution < -0.4 is 15.4 Å². The topological polar surface area (TPSA) is 76.4 Å². The zero-order valence-electron chi connectivity index (χ0n) is 14.6. The van der Waals surface area contributed by atoms with Gasteiger partial charge in [0.05, 0.1) is 11.6 Å². The normalized spacial score (nSPS) is 11.0. The van der Waals surface area contributed by atoms with Crippen molar-refractivity contribution in [2.24, 2.45) is 4.99 Å². The van der Waals surface area contributed by atoms with Gasteiger partial charge < -0.3 is 19.9 Å². The lowest BCUT2D eigenvalue weighted by Gasteiger charge is -2.13. The Morgan fingerprint density at radius 1 is 1.36 bits per heavy atom. The van der Waals surface area contributed by atoms with E-state index in [-0.39, 0.29) is 24.0 Å². The van der Waals surface area contributed by atoms with Gasteiger partial charge in [-0.3, -0.25) is 4.99 Å². The molecule has 0 unspecified atom stereocenters. The highest BCUT2D eigenvalue weighted by Gasteiger charge is 2.04. The fourth-order valence-electron chi connectivity index (χ4n) is 2.26. The summed E-state index contributed by atoms with van der Waals surface area (Å²) < 4.78 is 8.22. The maximum atomic E-state index is 5.24. The number of nitrogens with one attached hydrogen (secondary N) is 2.